The Morgan fingerprint density at radius 3 is 0.945 bits per heavy atom. The zero-order chi connectivity index (χ0) is 40.0. The molecule has 28 nitrogen and oxygen atoms in total. The van der Waals surface area contributed by atoms with Crippen LogP contribution in [0.2, 0.25) is 0 Å². The molecule has 0 bridgehead atoms. The van der Waals surface area contributed by atoms with Crippen molar-refractivity contribution in [2.24, 2.45) is 0 Å². The van der Waals surface area contributed by atoms with Crippen molar-refractivity contribution in [3.8, 4) is 0 Å². The molecule has 3 fully saturated rings. The van der Waals surface area contributed by atoms with Crippen LogP contribution in [-0.4, -0.2) is 219 Å². The zero-order valence-corrected chi connectivity index (χ0v) is 28.2. The van der Waals surface area contributed by atoms with Gasteiger partial charge in [0.15, 0.2) is 37.6 Å². The van der Waals surface area contributed by atoms with Crippen molar-refractivity contribution < 1.29 is 90.8 Å². The molecule has 0 saturated carbocycles. The van der Waals surface area contributed by atoms with E-state index in [1.54, 1.807) is 4.90 Å². The second kappa shape index (κ2) is 16.6. The average Bonchev–Trinajstić information content (AvgIpc) is 3.95. The molecule has 6 heterocycles. The van der Waals surface area contributed by atoms with Crippen molar-refractivity contribution in [1.82, 2.24) is 49.9 Å². The average molecular weight is 795 g/mol. The van der Waals surface area contributed by atoms with Gasteiger partial charge in [-0.25, -0.2) is 14.0 Å². The highest BCUT2D eigenvalue weighted by Gasteiger charge is 2.49. The molecule has 0 spiro atoms. The van der Waals surface area contributed by atoms with Crippen LogP contribution in [0.5, 0.6) is 0 Å². The number of hydrogen-bond donors (Lipinski definition) is 15. The van der Waals surface area contributed by atoms with Gasteiger partial charge in [-0.15, -0.1) is 15.3 Å². The molecule has 18 atom stereocenters. The van der Waals surface area contributed by atoms with Gasteiger partial charge in [-0.2, -0.15) is 0 Å². The van der Waals surface area contributed by atoms with E-state index in [4.69, 9.17) is 14.2 Å². The van der Waals surface area contributed by atoms with Crippen molar-refractivity contribution in [2.75, 3.05) is 0 Å². The van der Waals surface area contributed by atoms with Crippen LogP contribution in [0.15, 0.2) is 18.6 Å². The second-order valence-corrected chi connectivity index (χ2v) is 13.3. The van der Waals surface area contributed by atoms with E-state index in [9.17, 15) is 76.6 Å². The fraction of sp³-hybridized carbons (Fsp3) is 0.778. The molecule has 28 heteroatoms. The lowest BCUT2D eigenvalue weighted by atomic mass is 9.98. The molecular weight excluding hydrogens is 752 g/mol. The van der Waals surface area contributed by atoms with Gasteiger partial charge in [0.2, 0.25) is 0 Å². The normalized spacial score (nSPS) is 38.9. The highest BCUT2D eigenvalue weighted by molar-refractivity contribution is 5.02. The first-order chi connectivity index (χ1) is 26.0. The van der Waals surface area contributed by atoms with Gasteiger partial charge in [-0.3, -0.25) is 4.90 Å². The largest absolute Gasteiger partial charge is 0.387 e. The van der Waals surface area contributed by atoms with Crippen LogP contribution in [0, 0.1) is 0 Å². The lowest BCUT2D eigenvalue weighted by Crippen LogP contribution is -2.59. The Morgan fingerprint density at radius 1 is 0.436 bits per heavy atom. The monoisotopic (exact) mass is 794 g/mol. The van der Waals surface area contributed by atoms with Crippen molar-refractivity contribution in [2.45, 2.75) is 130 Å². The van der Waals surface area contributed by atoms with Gasteiger partial charge in [0.25, 0.3) is 0 Å². The maximum Gasteiger partial charge on any atom is 0.184 e. The third-order valence-corrected chi connectivity index (χ3v) is 9.40. The minimum atomic E-state index is -1.94. The standard InChI is InChI=1S/C27H42N10O18/c38-10-13(41)19(53-25(50)16(10)44)22(47)35-4-7(28-31-35)1-34(2-8-5-36(32-29-8)23(48)20-14(42)11(39)17(45)26(51)54-20)3-9-6-37(33-30-9)24(49)21-15(43)12(40)18(46)27(52)55-21/h4-6,10-27,38-52H,1-3H2/t10-,11-,12-,13+,14+,15+,16+,17+,18+,19+,20+,21+,22?,23?,24?,25?,26?,27?/m0/s1. The van der Waals surface area contributed by atoms with Crippen LogP contribution < -0.4 is 0 Å². The number of nitrogens with zero attached hydrogens (tertiary/aromatic N) is 10. The summed E-state index contributed by atoms with van der Waals surface area (Å²) in [5, 5.41) is 176. The Hall–Kier alpha value is -3.34. The molecule has 0 amide bonds. The molecular formula is C27H42N10O18. The van der Waals surface area contributed by atoms with Gasteiger partial charge < -0.3 is 90.8 Å². The molecule has 308 valence electrons. The third-order valence-electron chi connectivity index (χ3n) is 9.40. The predicted octanol–water partition coefficient (Wildman–Crippen LogP) is -10.5. The summed E-state index contributed by atoms with van der Waals surface area (Å²) < 4.78 is 17.7. The molecule has 3 saturated heterocycles. The van der Waals surface area contributed by atoms with E-state index in [-0.39, 0.29) is 36.7 Å². The van der Waals surface area contributed by atoms with E-state index in [0.29, 0.717) is 0 Å². The highest BCUT2D eigenvalue weighted by Crippen LogP contribution is 2.29. The number of hydrogen-bond acceptors (Lipinski definition) is 25. The predicted molar refractivity (Wildman–Crippen MR) is 163 cm³/mol. The van der Waals surface area contributed by atoms with Crippen LogP contribution in [0.3, 0.4) is 0 Å². The van der Waals surface area contributed by atoms with Gasteiger partial charge in [0.1, 0.15) is 73.2 Å². The first kappa shape index (κ1) is 41.3. The Morgan fingerprint density at radius 2 is 0.691 bits per heavy atom. The summed E-state index contributed by atoms with van der Waals surface area (Å²) in [7, 11) is 0. The molecule has 55 heavy (non-hydrogen) atoms. The molecule has 3 aromatic rings. The summed E-state index contributed by atoms with van der Waals surface area (Å²) in [6.45, 7) is -0.425. The van der Waals surface area contributed by atoms with Gasteiger partial charge in [-0.1, -0.05) is 15.6 Å². The maximum absolute atomic E-state index is 10.8. The summed E-state index contributed by atoms with van der Waals surface area (Å²) in [5.74, 6) is 0. The number of rotatable bonds is 12. The summed E-state index contributed by atoms with van der Waals surface area (Å²) in [6.07, 6.45) is -29.3. The third kappa shape index (κ3) is 8.38. The number of aromatic nitrogens is 9. The van der Waals surface area contributed by atoms with Crippen molar-refractivity contribution in [3.63, 3.8) is 0 Å². The fourth-order valence-electron chi connectivity index (χ4n) is 6.25. The van der Waals surface area contributed by atoms with Crippen LogP contribution in [0.1, 0.15) is 35.8 Å². The van der Waals surface area contributed by atoms with Gasteiger partial charge >= 0.3 is 0 Å². The van der Waals surface area contributed by atoms with E-state index in [1.165, 1.54) is 18.6 Å². The lowest BCUT2D eigenvalue weighted by molar-refractivity contribution is -0.305. The molecule has 3 aliphatic heterocycles. The van der Waals surface area contributed by atoms with Gasteiger partial charge in [0, 0.05) is 19.6 Å². The Labute approximate surface area is 307 Å². The minimum absolute atomic E-state index is 0.142. The van der Waals surface area contributed by atoms with Gasteiger partial charge in [-0.05, 0) is 0 Å². The zero-order valence-electron chi connectivity index (χ0n) is 28.2. The molecule has 0 radical (unpaired) electrons. The molecule has 0 aliphatic carbocycles. The Kier molecular flexibility index (Phi) is 12.5. The van der Waals surface area contributed by atoms with Crippen molar-refractivity contribution in [3.05, 3.63) is 35.7 Å². The van der Waals surface area contributed by atoms with E-state index in [2.05, 4.69) is 30.9 Å². The van der Waals surface area contributed by atoms with Crippen molar-refractivity contribution >= 4 is 0 Å². The first-order valence-electron chi connectivity index (χ1n) is 16.6. The van der Waals surface area contributed by atoms with Crippen LogP contribution >= 0.6 is 0 Å². The minimum Gasteiger partial charge on any atom is -0.387 e. The lowest BCUT2D eigenvalue weighted by Gasteiger charge is -2.39. The van der Waals surface area contributed by atoms with Crippen LogP contribution in [0.4, 0.5) is 0 Å². The molecule has 6 unspecified atom stereocenters. The number of ether oxygens (including phenoxy) is 3. The smallest absolute Gasteiger partial charge is 0.184 e. The summed E-state index contributed by atoms with van der Waals surface area (Å²) in [5.41, 5.74) is 0.433. The summed E-state index contributed by atoms with van der Waals surface area (Å²) in [4.78, 5) is 1.57. The number of aliphatic hydroxyl groups excluding tert-OH is 15. The SMILES string of the molecule is OC1O[C@@H](C(O)n2cc(CN(Cc3cn(C(O)[C@@H]4OC(O)[C@H](O)[C@@H](O)[C@H]4O)nn3)Cc3cn(C(O)[C@@H]4OC(O)[C@H](O)[C@@H](O)[C@H]4O)nn3)nn2)[C@H](O)[C@H](O)[C@H]1O. The number of aliphatic hydroxyl groups is 15. The Balaban J connectivity index is 1.20. The maximum atomic E-state index is 10.8. The molecule has 3 aliphatic rings. The van der Waals surface area contributed by atoms with E-state index >= 15 is 0 Å². The molecule has 15 N–H and O–H groups in total. The quantitative estimate of drug-likeness (QED) is 0.0809. The first-order valence-corrected chi connectivity index (χ1v) is 16.6. The van der Waals surface area contributed by atoms with E-state index in [0.717, 1.165) is 14.0 Å². The Bertz CT molecular complexity index is 1510. The van der Waals surface area contributed by atoms with Crippen LogP contribution in [0.25, 0.3) is 0 Å². The van der Waals surface area contributed by atoms with Crippen LogP contribution in [-0.2, 0) is 33.8 Å². The molecule has 3 aromatic heterocycles. The van der Waals surface area contributed by atoms with E-state index in [1.807, 2.05) is 0 Å². The van der Waals surface area contributed by atoms with Gasteiger partial charge in [0.05, 0.1) is 35.7 Å². The highest BCUT2D eigenvalue weighted by atomic mass is 16.7. The molecule has 0 aromatic carbocycles. The van der Waals surface area contributed by atoms with Crippen molar-refractivity contribution in [1.29, 1.82) is 0 Å². The second-order valence-electron chi connectivity index (χ2n) is 13.3. The van der Waals surface area contributed by atoms with E-state index < -0.39 is 111 Å². The summed E-state index contributed by atoms with van der Waals surface area (Å²) in [6, 6.07) is 0. The fourth-order valence-corrected chi connectivity index (χ4v) is 6.25. The molecule has 6 rings (SSSR count). The topological polar surface area (TPSA) is 427 Å². The summed E-state index contributed by atoms with van der Waals surface area (Å²) >= 11 is 0.